The Bertz CT molecular complexity index is 422. The standard InChI is InChI=1S/C14H19BrN2O/c1-10-9-16-7-6-13(10)17-14(18)8-11-4-2-3-5-12(11)15/h2-5,10,13,16H,6-9H2,1H3,(H,17,18). The fourth-order valence-electron chi connectivity index (χ4n) is 2.30. The van der Waals surface area contributed by atoms with E-state index in [1.165, 1.54) is 0 Å². The number of hydrogen-bond acceptors (Lipinski definition) is 2. The maximum Gasteiger partial charge on any atom is 0.224 e. The Morgan fingerprint density at radius 2 is 2.28 bits per heavy atom. The molecule has 0 bridgehead atoms. The van der Waals surface area contributed by atoms with Gasteiger partial charge >= 0.3 is 0 Å². The number of halogens is 1. The van der Waals surface area contributed by atoms with Crippen LogP contribution >= 0.6 is 15.9 Å². The van der Waals surface area contributed by atoms with Gasteiger partial charge in [-0.3, -0.25) is 4.79 Å². The maximum atomic E-state index is 12.0. The van der Waals surface area contributed by atoms with Crippen molar-refractivity contribution >= 4 is 21.8 Å². The third-order valence-electron chi connectivity index (χ3n) is 3.44. The molecule has 0 spiro atoms. The molecule has 98 valence electrons. The van der Waals surface area contributed by atoms with Gasteiger partial charge in [-0.25, -0.2) is 0 Å². The van der Waals surface area contributed by atoms with Crippen LogP contribution in [-0.2, 0) is 11.2 Å². The summed E-state index contributed by atoms with van der Waals surface area (Å²) in [5.74, 6) is 0.613. The van der Waals surface area contributed by atoms with Gasteiger partial charge in [0, 0.05) is 10.5 Å². The normalized spacial score (nSPS) is 23.7. The monoisotopic (exact) mass is 310 g/mol. The predicted octanol–water partition coefficient (Wildman–Crippen LogP) is 2.11. The first kappa shape index (κ1) is 13.6. The van der Waals surface area contributed by atoms with E-state index in [9.17, 15) is 4.79 Å². The molecule has 0 radical (unpaired) electrons. The number of hydrogen-bond donors (Lipinski definition) is 2. The summed E-state index contributed by atoms with van der Waals surface area (Å²) >= 11 is 3.47. The summed E-state index contributed by atoms with van der Waals surface area (Å²) in [5.41, 5.74) is 1.04. The first-order valence-electron chi connectivity index (χ1n) is 6.40. The molecule has 2 rings (SSSR count). The van der Waals surface area contributed by atoms with Crippen LogP contribution in [0, 0.1) is 5.92 Å². The number of rotatable bonds is 3. The largest absolute Gasteiger partial charge is 0.353 e. The minimum Gasteiger partial charge on any atom is -0.353 e. The van der Waals surface area contributed by atoms with Crippen molar-refractivity contribution in [1.82, 2.24) is 10.6 Å². The zero-order chi connectivity index (χ0) is 13.0. The molecule has 2 N–H and O–H groups in total. The van der Waals surface area contributed by atoms with E-state index in [0.29, 0.717) is 18.4 Å². The van der Waals surface area contributed by atoms with Gasteiger partial charge in [0.15, 0.2) is 0 Å². The summed E-state index contributed by atoms with van der Waals surface area (Å²) in [6, 6.07) is 8.17. The molecule has 1 aliphatic rings. The molecule has 1 amide bonds. The highest BCUT2D eigenvalue weighted by molar-refractivity contribution is 9.10. The number of carbonyl (C=O) groups is 1. The smallest absolute Gasteiger partial charge is 0.224 e. The van der Waals surface area contributed by atoms with E-state index in [-0.39, 0.29) is 5.91 Å². The molecule has 1 saturated heterocycles. The number of benzene rings is 1. The van der Waals surface area contributed by atoms with E-state index >= 15 is 0 Å². The molecule has 0 saturated carbocycles. The molecule has 0 aromatic heterocycles. The van der Waals surface area contributed by atoms with E-state index in [4.69, 9.17) is 0 Å². The van der Waals surface area contributed by atoms with Crippen molar-refractivity contribution in [2.75, 3.05) is 13.1 Å². The van der Waals surface area contributed by atoms with Gasteiger partial charge in [-0.1, -0.05) is 41.1 Å². The van der Waals surface area contributed by atoms with Crippen molar-refractivity contribution in [3.8, 4) is 0 Å². The summed E-state index contributed by atoms with van der Waals surface area (Å²) < 4.78 is 0.999. The van der Waals surface area contributed by atoms with Crippen molar-refractivity contribution in [3.05, 3.63) is 34.3 Å². The van der Waals surface area contributed by atoms with Gasteiger partial charge in [-0.05, 0) is 37.1 Å². The molecular weight excluding hydrogens is 292 g/mol. The zero-order valence-electron chi connectivity index (χ0n) is 10.6. The molecule has 1 heterocycles. The third kappa shape index (κ3) is 3.56. The number of amides is 1. The molecule has 1 aliphatic heterocycles. The lowest BCUT2D eigenvalue weighted by molar-refractivity contribution is -0.121. The lowest BCUT2D eigenvalue weighted by Gasteiger charge is -2.30. The Morgan fingerprint density at radius 3 is 3.00 bits per heavy atom. The molecule has 18 heavy (non-hydrogen) atoms. The van der Waals surface area contributed by atoms with E-state index in [1.807, 2.05) is 24.3 Å². The number of piperidine rings is 1. The van der Waals surface area contributed by atoms with Gasteiger partial charge in [0.2, 0.25) is 5.91 Å². The van der Waals surface area contributed by atoms with Gasteiger partial charge in [0.25, 0.3) is 0 Å². The molecule has 4 heteroatoms. The van der Waals surface area contributed by atoms with Crippen LogP contribution in [0.25, 0.3) is 0 Å². The Labute approximate surface area is 116 Å². The minimum atomic E-state index is 0.112. The van der Waals surface area contributed by atoms with Crippen LogP contribution < -0.4 is 10.6 Å². The zero-order valence-corrected chi connectivity index (χ0v) is 12.2. The Balaban J connectivity index is 1.90. The van der Waals surface area contributed by atoms with Crippen LogP contribution in [0.4, 0.5) is 0 Å². The lowest BCUT2D eigenvalue weighted by Crippen LogP contribution is -2.48. The second-order valence-electron chi connectivity index (χ2n) is 4.91. The summed E-state index contributed by atoms with van der Waals surface area (Å²) in [7, 11) is 0. The van der Waals surface area contributed by atoms with Crippen molar-refractivity contribution < 1.29 is 4.79 Å². The van der Waals surface area contributed by atoms with Crippen LogP contribution in [-0.4, -0.2) is 25.0 Å². The van der Waals surface area contributed by atoms with Crippen LogP contribution in [0.2, 0.25) is 0 Å². The van der Waals surface area contributed by atoms with Crippen LogP contribution in [0.5, 0.6) is 0 Å². The second kappa shape index (κ2) is 6.34. The van der Waals surface area contributed by atoms with E-state index in [2.05, 4.69) is 33.5 Å². The van der Waals surface area contributed by atoms with Crippen molar-refractivity contribution in [2.24, 2.45) is 5.92 Å². The van der Waals surface area contributed by atoms with Gasteiger partial charge in [0.1, 0.15) is 0 Å². The average Bonchev–Trinajstić information content (AvgIpc) is 2.35. The predicted molar refractivity (Wildman–Crippen MR) is 76.4 cm³/mol. The molecule has 1 aromatic carbocycles. The average molecular weight is 311 g/mol. The highest BCUT2D eigenvalue weighted by Crippen LogP contribution is 2.17. The molecule has 0 aliphatic carbocycles. The quantitative estimate of drug-likeness (QED) is 0.898. The number of nitrogens with one attached hydrogen (secondary N) is 2. The fourth-order valence-corrected chi connectivity index (χ4v) is 2.73. The van der Waals surface area contributed by atoms with Crippen LogP contribution in [0.3, 0.4) is 0 Å². The molecule has 2 atom stereocenters. The van der Waals surface area contributed by atoms with Crippen molar-refractivity contribution in [3.63, 3.8) is 0 Å². The first-order chi connectivity index (χ1) is 8.66. The first-order valence-corrected chi connectivity index (χ1v) is 7.19. The highest BCUT2D eigenvalue weighted by atomic mass is 79.9. The fraction of sp³-hybridized carbons (Fsp3) is 0.500. The number of carbonyl (C=O) groups excluding carboxylic acids is 1. The van der Waals surface area contributed by atoms with Crippen molar-refractivity contribution in [1.29, 1.82) is 0 Å². The minimum absolute atomic E-state index is 0.112. The van der Waals surface area contributed by atoms with Gasteiger partial charge in [0.05, 0.1) is 6.42 Å². The second-order valence-corrected chi connectivity index (χ2v) is 5.77. The molecule has 1 fully saturated rings. The highest BCUT2D eigenvalue weighted by Gasteiger charge is 2.22. The molecule has 2 unspecified atom stereocenters. The van der Waals surface area contributed by atoms with Gasteiger partial charge < -0.3 is 10.6 Å². The molecule has 3 nitrogen and oxygen atoms in total. The summed E-state index contributed by atoms with van der Waals surface area (Å²) in [4.78, 5) is 12.0. The summed E-state index contributed by atoms with van der Waals surface area (Å²) in [6.07, 6.45) is 1.46. The van der Waals surface area contributed by atoms with Crippen LogP contribution in [0.15, 0.2) is 28.7 Å². The SMILES string of the molecule is CC1CNCCC1NC(=O)Cc1ccccc1Br. The van der Waals surface area contributed by atoms with Crippen molar-refractivity contribution in [2.45, 2.75) is 25.8 Å². The lowest BCUT2D eigenvalue weighted by atomic mass is 9.95. The Morgan fingerprint density at radius 1 is 1.50 bits per heavy atom. The third-order valence-corrected chi connectivity index (χ3v) is 4.21. The molecular formula is C14H19BrN2O. The molecule has 1 aromatic rings. The van der Waals surface area contributed by atoms with E-state index < -0.39 is 0 Å². The summed E-state index contributed by atoms with van der Waals surface area (Å²) in [5, 5.41) is 6.48. The summed E-state index contributed by atoms with van der Waals surface area (Å²) in [6.45, 7) is 4.15. The maximum absolute atomic E-state index is 12.0. The van der Waals surface area contributed by atoms with Gasteiger partial charge in [-0.2, -0.15) is 0 Å². The van der Waals surface area contributed by atoms with Crippen LogP contribution in [0.1, 0.15) is 18.9 Å². The van der Waals surface area contributed by atoms with E-state index in [0.717, 1.165) is 29.5 Å². The van der Waals surface area contributed by atoms with E-state index in [1.54, 1.807) is 0 Å². The Hall–Kier alpha value is -0.870. The topological polar surface area (TPSA) is 41.1 Å². The van der Waals surface area contributed by atoms with Gasteiger partial charge in [-0.15, -0.1) is 0 Å². The Kier molecular flexibility index (Phi) is 4.78.